The van der Waals surface area contributed by atoms with Crippen molar-refractivity contribution in [3.63, 3.8) is 0 Å². The number of carbonyl (C=O) groups is 1. The zero-order valence-electron chi connectivity index (χ0n) is 10.1. The van der Waals surface area contributed by atoms with Crippen molar-refractivity contribution >= 4 is 27.6 Å². The van der Waals surface area contributed by atoms with Crippen molar-refractivity contribution in [1.29, 1.82) is 0 Å². The molecule has 0 aromatic heterocycles. The lowest BCUT2D eigenvalue weighted by Gasteiger charge is -2.04. The third kappa shape index (κ3) is 2.38. The highest BCUT2D eigenvalue weighted by Gasteiger charge is 2.03. The largest absolute Gasteiger partial charge is 0.276 e. The molecule has 3 aromatic rings. The number of rotatable bonds is 2. The van der Waals surface area contributed by atoms with Crippen LogP contribution in [0, 0.1) is 0 Å². The van der Waals surface area contributed by atoms with Crippen LogP contribution in [0.5, 0.6) is 0 Å². The van der Waals surface area contributed by atoms with E-state index < -0.39 is 5.24 Å². The van der Waals surface area contributed by atoms with E-state index in [2.05, 4.69) is 30.3 Å². The average Bonchev–Trinajstić information content (AvgIpc) is 2.47. The summed E-state index contributed by atoms with van der Waals surface area (Å²) in [5, 5.41) is 2.00. The third-order valence-electron chi connectivity index (χ3n) is 3.19. The van der Waals surface area contributed by atoms with E-state index in [9.17, 15) is 4.79 Å². The maximum absolute atomic E-state index is 11.0. The van der Waals surface area contributed by atoms with Crippen LogP contribution in [-0.4, -0.2) is 5.24 Å². The fraction of sp³-hybridized carbons (Fsp3) is 0. The van der Waals surface area contributed by atoms with E-state index in [1.165, 1.54) is 10.8 Å². The molecular weight excluding hydrogens is 256 g/mol. The van der Waals surface area contributed by atoms with Gasteiger partial charge in [-0.15, -0.1) is 0 Å². The summed E-state index contributed by atoms with van der Waals surface area (Å²) in [7, 11) is 0. The van der Waals surface area contributed by atoms with Crippen molar-refractivity contribution in [2.75, 3.05) is 0 Å². The smallest absolute Gasteiger partial charge is 0.252 e. The van der Waals surface area contributed by atoms with Crippen molar-refractivity contribution in [1.82, 2.24) is 0 Å². The Labute approximate surface area is 116 Å². The van der Waals surface area contributed by atoms with Crippen LogP contribution in [0.4, 0.5) is 0 Å². The molecule has 3 rings (SSSR count). The van der Waals surface area contributed by atoms with Crippen LogP contribution in [0.25, 0.3) is 21.9 Å². The lowest BCUT2D eigenvalue weighted by atomic mass is 10.0. The molecule has 0 fully saturated rings. The van der Waals surface area contributed by atoms with E-state index in [1.807, 2.05) is 24.3 Å². The maximum atomic E-state index is 11.0. The number of halogens is 1. The van der Waals surface area contributed by atoms with Gasteiger partial charge in [0.15, 0.2) is 0 Å². The molecule has 0 N–H and O–H groups in total. The Hall–Kier alpha value is -2.12. The second kappa shape index (κ2) is 4.87. The topological polar surface area (TPSA) is 17.1 Å². The lowest BCUT2D eigenvalue weighted by Crippen LogP contribution is -1.87. The second-order valence-corrected chi connectivity index (χ2v) is 4.76. The van der Waals surface area contributed by atoms with E-state index in [4.69, 9.17) is 11.6 Å². The van der Waals surface area contributed by atoms with Crippen molar-refractivity contribution in [2.24, 2.45) is 0 Å². The zero-order valence-corrected chi connectivity index (χ0v) is 10.9. The van der Waals surface area contributed by atoms with Crippen LogP contribution in [0.2, 0.25) is 0 Å². The molecule has 19 heavy (non-hydrogen) atoms. The van der Waals surface area contributed by atoms with Crippen molar-refractivity contribution < 1.29 is 4.79 Å². The predicted octanol–water partition coefficient (Wildman–Crippen LogP) is 4.89. The number of carbonyl (C=O) groups excluding carboxylic acids is 1. The van der Waals surface area contributed by atoms with E-state index in [1.54, 1.807) is 12.1 Å². The lowest BCUT2D eigenvalue weighted by molar-refractivity contribution is 0.108. The summed E-state index contributed by atoms with van der Waals surface area (Å²) in [6, 6.07) is 21.9. The van der Waals surface area contributed by atoms with Crippen molar-refractivity contribution in [2.45, 2.75) is 0 Å². The summed E-state index contributed by atoms with van der Waals surface area (Å²) in [4.78, 5) is 11.0. The predicted molar refractivity (Wildman–Crippen MR) is 79.6 cm³/mol. The van der Waals surface area contributed by atoms with Gasteiger partial charge in [0.2, 0.25) is 0 Å². The van der Waals surface area contributed by atoms with E-state index in [0.717, 1.165) is 11.1 Å². The summed E-state index contributed by atoms with van der Waals surface area (Å²) >= 11 is 5.44. The van der Waals surface area contributed by atoms with Crippen LogP contribution >= 0.6 is 11.6 Å². The van der Waals surface area contributed by atoms with Crippen LogP contribution in [0.3, 0.4) is 0 Å². The summed E-state index contributed by atoms with van der Waals surface area (Å²) in [5.74, 6) is 0. The van der Waals surface area contributed by atoms with Gasteiger partial charge in [0.1, 0.15) is 0 Å². The van der Waals surface area contributed by atoms with Crippen LogP contribution in [0.1, 0.15) is 10.4 Å². The van der Waals surface area contributed by atoms with Gasteiger partial charge in [-0.1, -0.05) is 48.5 Å². The van der Waals surface area contributed by atoms with Gasteiger partial charge in [0.25, 0.3) is 5.24 Å². The highest BCUT2D eigenvalue weighted by Crippen LogP contribution is 2.24. The van der Waals surface area contributed by atoms with Gasteiger partial charge in [-0.2, -0.15) is 0 Å². The fourth-order valence-corrected chi connectivity index (χ4v) is 2.29. The third-order valence-corrected chi connectivity index (χ3v) is 3.41. The van der Waals surface area contributed by atoms with Gasteiger partial charge in [-0.05, 0) is 51.7 Å². The molecule has 92 valence electrons. The van der Waals surface area contributed by atoms with Crippen molar-refractivity contribution in [3.05, 3.63) is 72.3 Å². The van der Waals surface area contributed by atoms with Gasteiger partial charge in [0.05, 0.1) is 0 Å². The molecule has 3 aromatic carbocycles. The number of hydrogen-bond donors (Lipinski definition) is 0. The van der Waals surface area contributed by atoms with Crippen LogP contribution in [0.15, 0.2) is 66.7 Å². The van der Waals surface area contributed by atoms with E-state index >= 15 is 0 Å². The highest BCUT2D eigenvalue weighted by molar-refractivity contribution is 6.67. The minimum Gasteiger partial charge on any atom is -0.276 e. The van der Waals surface area contributed by atoms with Gasteiger partial charge in [-0.25, -0.2) is 0 Å². The SMILES string of the molecule is O=C(Cl)c1ccc(-c2ccc3ccccc3c2)cc1. The minimum absolute atomic E-state index is 0.426. The maximum Gasteiger partial charge on any atom is 0.252 e. The molecule has 0 unspecified atom stereocenters. The monoisotopic (exact) mass is 266 g/mol. The molecule has 0 bridgehead atoms. The Kier molecular flexibility index (Phi) is 3.06. The quantitative estimate of drug-likeness (QED) is 0.604. The molecule has 0 radical (unpaired) electrons. The molecule has 0 saturated heterocycles. The Morgan fingerprint density at radius 3 is 2.05 bits per heavy atom. The Balaban J connectivity index is 2.06. The highest BCUT2D eigenvalue weighted by atomic mass is 35.5. The molecule has 0 saturated carbocycles. The number of fused-ring (bicyclic) bond motifs is 1. The van der Waals surface area contributed by atoms with Crippen LogP contribution in [-0.2, 0) is 0 Å². The first-order valence-electron chi connectivity index (χ1n) is 6.03. The molecule has 1 nitrogen and oxygen atoms in total. The second-order valence-electron chi connectivity index (χ2n) is 4.41. The zero-order chi connectivity index (χ0) is 13.2. The van der Waals surface area contributed by atoms with E-state index in [0.29, 0.717) is 5.56 Å². The summed E-state index contributed by atoms with van der Waals surface area (Å²) in [6.45, 7) is 0. The minimum atomic E-state index is -0.426. The first kappa shape index (κ1) is 11.9. The Bertz CT molecular complexity index is 745. The van der Waals surface area contributed by atoms with Crippen LogP contribution < -0.4 is 0 Å². The standard InChI is InChI=1S/C17H11ClO/c18-17(19)14-8-5-13(6-9-14)16-10-7-12-3-1-2-4-15(12)11-16/h1-11H. The summed E-state index contributed by atoms with van der Waals surface area (Å²) in [5.41, 5.74) is 2.73. The molecule has 0 aliphatic rings. The number of benzene rings is 3. The average molecular weight is 267 g/mol. The van der Waals surface area contributed by atoms with E-state index in [-0.39, 0.29) is 0 Å². The number of hydrogen-bond acceptors (Lipinski definition) is 1. The molecule has 0 atom stereocenters. The fourth-order valence-electron chi connectivity index (χ4n) is 2.16. The molecule has 2 heteroatoms. The molecule has 0 heterocycles. The Morgan fingerprint density at radius 2 is 1.37 bits per heavy atom. The molecule has 0 spiro atoms. The van der Waals surface area contributed by atoms with Gasteiger partial charge >= 0.3 is 0 Å². The van der Waals surface area contributed by atoms with Gasteiger partial charge in [0, 0.05) is 5.56 Å². The summed E-state index contributed by atoms with van der Waals surface area (Å²) in [6.07, 6.45) is 0. The normalized spacial score (nSPS) is 10.6. The molecule has 0 aliphatic heterocycles. The van der Waals surface area contributed by atoms with Gasteiger partial charge in [-0.3, -0.25) is 4.79 Å². The summed E-state index contributed by atoms with van der Waals surface area (Å²) < 4.78 is 0. The molecule has 0 amide bonds. The Morgan fingerprint density at radius 1 is 0.737 bits per heavy atom. The first-order valence-corrected chi connectivity index (χ1v) is 6.41. The van der Waals surface area contributed by atoms with Gasteiger partial charge < -0.3 is 0 Å². The molecular formula is C17H11ClO. The molecule has 0 aliphatic carbocycles. The first-order chi connectivity index (χ1) is 9.24. The van der Waals surface area contributed by atoms with Crippen molar-refractivity contribution in [3.8, 4) is 11.1 Å².